The molecule has 5 heteroatoms. The van der Waals surface area contributed by atoms with E-state index in [1.807, 2.05) is 24.9 Å². The van der Waals surface area contributed by atoms with Crippen LogP contribution in [-0.4, -0.2) is 32.8 Å². The van der Waals surface area contributed by atoms with Gasteiger partial charge in [0, 0.05) is 12.6 Å². The summed E-state index contributed by atoms with van der Waals surface area (Å²) in [4.78, 5) is 1.90. The van der Waals surface area contributed by atoms with Gasteiger partial charge in [-0.05, 0) is 25.6 Å². The number of hydrogen-bond donors (Lipinski definition) is 1. The van der Waals surface area contributed by atoms with Crippen LogP contribution >= 0.6 is 0 Å². The van der Waals surface area contributed by atoms with Crippen molar-refractivity contribution in [3.8, 4) is 6.07 Å². The van der Waals surface area contributed by atoms with Crippen LogP contribution in [0.15, 0.2) is 18.2 Å². The summed E-state index contributed by atoms with van der Waals surface area (Å²) in [5.41, 5.74) is 1.48. The lowest BCUT2D eigenvalue weighted by Gasteiger charge is -2.34. The van der Waals surface area contributed by atoms with Crippen molar-refractivity contribution in [2.24, 2.45) is 0 Å². The van der Waals surface area contributed by atoms with E-state index >= 15 is 0 Å². The molecule has 2 rings (SSSR count). The molecular formula is C14H18FN3O. The molecule has 0 aliphatic carbocycles. The third-order valence-electron chi connectivity index (χ3n) is 3.44. The third kappa shape index (κ3) is 2.86. The zero-order valence-electron chi connectivity index (χ0n) is 11.2. The summed E-state index contributed by atoms with van der Waals surface area (Å²) in [5.74, 6) is -0.252. The number of ether oxygens (including phenoxy) is 1. The fourth-order valence-electron chi connectivity index (χ4n) is 2.30. The Hall–Kier alpha value is -1.64. The first kappa shape index (κ1) is 13.8. The molecule has 2 unspecified atom stereocenters. The summed E-state index contributed by atoms with van der Waals surface area (Å²) in [6, 6.07) is 7.22. The summed E-state index contributed by atoms with van der Waals surface area (Å²) in [7, 11) is 1.84. The lowest BCUT2D eigenvalue weighted by Crippen LogP contribution is -2.43. The quantitative estimate of drug-likeness (QED) is 0.904. The average Bonchev–Trinajstić information content (AvgIpc) is 2.46. The van der Waals surface area contributed by atoms with Crippen molar-refractivity contribution < 1.29 is 9.13 Å². The summed E-state index contributed by atoms with van der Waals surface area (Å²) in [6.07, 6.45) is -0.494. The zero-order valence-corrected chi connectivity index (χ0v) is 11.2. The Morgan fingerprint density at radius 3 is 3.05 bits per heavy atom. The maximum atomic E-state index is 14.2. The molecule has 1 aliphatic heterocycles. The molecule has 1 aliphatic rings. The largest absolute Gasteiger partial charge is 0.363 e. The highest BCUT2D eigenvalue weighted by Gasteiger charge is 2.25. The van der Waals surface area contributed by atoms with Crippen LogP contribution in [0.5, 0.6) is 0 Å². The second-order valence-electron chi connectivity index (χ2n) is 4.62. The van der Waals surface area contributed by atoms with Crippen molar-refractivity contribution in [2.75, 3.05) is 31.6 Å². The van der Waals surface area contributed by atoms with E-state index in [1.54, 1.807) is 6.07 Å². The Bertz CT molecular complexity index is 486. The topological polar surface area (TPSA) is 48.3 Å². The van der Waals surface area contributed by atoms with Crippen molar-refractivity contribution in [3.63, 3.8) is 0 Å². The minimum absolute atomic E-state index is 0.0501. The smallest absolute Gasteiger partial charge is 0.161 e. The van der Waals surface area contributed by atoms with Crippen LogP contribution in [0.25, 0.3) is 0 Å². The number of hydrogen-bond acceptors (Lipinski definition) is 4. The lowest BCUT2D eigenvalue weighted by molar-refractivity contribution is 0.0761. The molecule has 1 aromatic carbocycles. The fourth-order valence-corrected chi connectivity index (χ4v) is 2.30. The number of halogens is 1. The normalized spacial score (nSPS) is 20.9. The second kappa shape index (κ2) is 6.00. The fraction of sp³-hybridized carbons (Fsp3) is 0.500. The van der Waals surface area contributed by atoms with E-state index in [2.05, 4.69) is 11.4 Å². The first-order valence-corrected chi connectivity index (χ1v) is 6.39. The highest BCUT2D eigenvalue weighted by atomic mass is 19.1. The molecule has 4 nitrogen and oxygen atoms in total. The van der Waals surface area contributed by atoms with Gasteiger partial charge in [0.05, 0.1) is 24.9 Å². The van der Waals surface area contributed by atoms with Crippen LogP contribution in [0.2, 0.25) is 0 Å². The summed E-state index contributed by atoms with van der Waals surface area (Å²) >= 11 is 0. The van der Waals surface area contributed by atoms with Gasteiger partial charge in [-0.2, -0.15) is 5.26 Å². The van der Waals surface area contributed by atoms with E-state index in [-0.39, 0.29) is 11.9 Å². The standard InChI is InChI=1S/C14H18FN3O/c1-10(17-2)12-4-3-5-13(15)14(12)18-6-7-19-11(8-16)9-18/h3-5,10-11,17H,6-7,9H2,1-2H3. The maximum absolute atomic E-state index is 14.2. The molecule has 1 fully saturated rings. The van der Waals surface area contributed by atoms with E-state index in [4.69, 9.17) is 10.00 Å². The van der Waals surface area contributed by atoms with Crippen LogP contribution in [0, 0.1) is 17.1 Å². The van der Waals surface area contributed by atoms with Crippen molar-refractivity contribution in [2.45, 2.75) is 19.1 Å². The Morgan fingerprint density at radius 1 is 1.58 bits per heavy atom. The van der Waals surface area contributed by atoms with E-state index in [9.17, 15) is 4.39 Å². The Morgan fingerprint density at radius 2 is 2.37 bits per heavy atom. The maximum Gasteiger partial charge on any atom is 0.161 e. The van der Waals surface area contributed by atoms with Gasteiger partial charge in [0.2, 0.25) is 0 Å². The molecule has 0 spiro atoms. The monoisotopic (exact) mass is 263 g/mol. The first-order valence-electron chi connectivity index (χ1n) is 6.39. The number of anilines is 1. The van der Waals surface area contributed by atoms with Gasteiger partial charge in [-0.1, -0.05) is 12.1 Å². The van der Waals surface area contributed by atoms with Crippen LogP contribution < -0.4 is 10.2 Å². The molecule has 1 aromatic rings. The van der Waals surface area contributed by atoms with E-state index in [1.165, 1.54) is 6.07 Å². The number of para-hydroxylation sites is 1. The number of benzene rings is 1. The first-order chi connectivity index (χ1) is 9.17. The van der Waals surface area contributed by atoms with Crippen molar-refractivity contribution in [3.05, 3.63) is 29.6 Å². The van der Waals surface area contributed by atoms with Crippen molar-refractivity contribution in [1.82, 2.24) is 5.32 Å². The SMILES string of the molecule is CNC(C)c1cccc(F)c1N1CCOC(C#N)C1. The number of rotatable bonds is 3. The Balaban J connectivity index is 2.35. The minimum atomic E-state index is -0.494. The molecule has 0 saturated carbocycles. The number of nitrogens with zero attached hydrogens (tertiary/aromatic N) is 2. The van der Waals surface area contributed by atoms with Gasteiger partial charge in [-0.3, -0.25) is 0 Å². The van der Waals surface area contributed by atoms with Gasteiger partial charge in [0.1, 0.15) is 5.82 Å². The summed E-state index contributed by atoms with van der Waals surface area (Å²) in [5, 5.41) is 12.1. The molecular weight excluding hydrogens is 245 g/mol. The molecule has 0 radical (unpaired) electrons. The molecule has 102 valence electrons. The van der Waals surface area contributed by atoms with Crippen molar-refractivity contribution in [1.29, 1.82) is 5.26 Å². The summed E-state index contributed by atoms with van der Waals surface area (Å²) < 4.78 is 19.5. The predicted octanol–water partition coefficient (Wildman–Crippen LogP) is 1.83. The highest BCUT2D eigenvalue weighted by Crippen LogP contribution is 2.30. The zero-order chi connectivity index (χ0) is 13.8. The van der Waals surface area contributed by atoms with Crippen LogP contribution in [-0.2, 0) is 4.74 Å². The third-order valence-corrected chi connectivity index (χ3v) is 3.44. The van der Waals surface area contributed by atoms with Crippen LogP contribution in [0.1, 0.15) is 18.5 Å². The Kier molecular flexibility index (Phi) is 4.35. The van der Waals surface area contributed by atoms with E-state index < -0.39 is 6.10 Å². The average molecular weight is 263 g/mol. The van der Waals surface area contributed by atoms with Gasteiger partial charge in [-0.25, -0.2) is 4.39 Å². The predicted molar refractivity (Wildman–Crippen MR) is 71.4 cm³/mol. The van der Waals surface area contributed by atoms with Crippen molar-refractivity contribution >= 4 is 5.69 Å². The number of nitrogens with one attached hydrogen (secondary N) is 1. The van der Waals surface area contributed by atoms with Gasteiger partial charge < -0.3 is 15.0 Å². The van der Waals surface area contributed by atoms with Gasteiger partial charge >= 0.3 is 0 Å². The Labute approximate surface area is 112 Å². The lowest BCUT2D eigenvalue weighted by atomic mass is 10.0. The molecule has 0 bridgehead atoms. The van der Waals surface area contributed by atoms with Gasteiger partial charge in [0.15, 0.2) is 6.10 Å². The molecule has 2 atom stereocenters. The molecule has 1 N–H and O–H groups in total. The second-order valence-corrected chi connectivity index (χ2v) is 4.62. The molecule has 0 amide bonds. The van der Waals surface area contributed by atoms with Crippen LogP contribution in [0.4, 0.5) is 10.1 Å². The van der Waals surface area contributed by atoms with Crippen LogP contribution in [0.3, 0.4) is 0 Å². The molecule has 19 heavy (non-hydrogen) atoms. The van der Waals surface area contributed by atoms with Gasteiger partial charge in [0.25, 0.3) is 0 Å². The number of nitriles is 1. The minimum Gasteiger partial charge on any atom is -0.363 e. The highest BCUT2D eigenvalue weighted by molar-refractivity contribution is 5.56. The van der Waals surface area contributed by atoms with E-state index in [0.717, 1.165) is 5.56 Å². The number of morpholine rings is 1. The van der Waals surface area contributed by atoms with Gasteiger partial charge in [-0.15, -0.1) is 0 Å². The molecule has 0 aromatic heterocycles. The molecule has 1 saturated heterocycles. The summed E-state index contributed by atoms with van der Waals surface area (Å²) in [6.45, 7) is 3.43. The van der Waals surface area contributed by atoms with E-state index in [0.29, 0.717) is 25.4 Å². The molecule has 1 heterocycles.